The van der Waals surface area contributed by atoms with Gasteiger partial charge in [-0.1, -0.05) is 0 Å². The van der Waals surface area contributed by atoms with Crippen LogP contribution in [0.1, 0.15) is 74.3 Å². The number of anilines is 3. The summed E-state index contributed by atoms with van der Waals surface area (Å²) >= 11 is 0. The summed E-state index contributed by atoms with van der Waals surface area (Å²) in [4.78, 5) is 155. The second-order valence-corrected chi connectivity index (χ2v) is 24.2. The molecule has 6 aliphatic heterocycles. The monoisotopic (exact) mass is 1640 g/mol. The maximum atomic E-state index is 12.1. The van der Waals surface area contributed by atoms with Crippen molar-refractivity contribution in [2.45, 2.75) is 81.7 Å². The third-order valence-electron chi connectivity index (χ3n) is 14.6. The number of hydrogen-bond donors (Lipinski definition) is 18. The van der Waals surface area contributed by atoms with Crippen LogP contribution < -0.4 is 70.0 Å². The molecule has 0 unspecified atom stereocenters. The molecule has 9 heterocycles. The Morgan fingerprint density at radius 1 is 0.556 bits per heavy atom. The van der Waals surface area contributed by atoms with Gasteiger partial charge in [0, 0.05) is 50.3 Å². The Labute approximate surface area is 664 Å². The first-order valence-corrected chi connectivity index (χ1v) is 35.1. The molecule has 5 aromatic rings. The molecule has 3 amide bonds. The van der Waals surface area contributed by atoms with Crippen LogP contribution in [0.5, 0.6) is 0 Å². The van der Waals surface area contributed by atoms with E-state index in [4.69, 9.17) is 56.0 Å². The van der Waals surface area contributed by atoms with Crippen LogP contribution in [0.25, 0.3) is 0 Å². The Hall–Kier alpha value is -13.3. The molecule has 11 rings (SSSR count). The largest absolute Gasteiger partial charge is 0.490 e. The molecule has 43 nitrogen and oxygen atoms in total. The van der Waals surface area contributed by atoms with Gasteiger partial charge in [-0.25, -0.2) is 9.59 Å². The first-order chi connectivity index (χ1) is 55.9. The number of aliphatic carboxylic acids is 3. The summed E-state index contributed by atoms with van der Waals surface area (Å²) in [6.07, 6.45) is 4.30. The number of aromatic nitrogens is 3. The van der Waals surface area contributed by atoms with Gasteiger partial charge in [0.05, 0.1) is 104 Å². The maximum Gasteiger partial charge on any atom is 0.490 e. The molecule has 628 valence electrons. The molecule has 5 atom stereocenters. The minimum Gasteiger partial charge on any atom is -0.480 e. The molecule has 0 bridgehead atoms. The van der Waals surface area contributed by atoms with E-state index in [2.05, 4.69) is 97.9 Å². The van der Waals surface area contributed by atoms with E-state index in [-0.39, 0.29) is 118 Å². The number of aliphatic hydroxyl groups is 1. The van der Waals surface area contributed by atoms with Crippen LogP contribution in [-0.2, 0) is 89.5 Å². The van der Waals surface area contributed by atoms with Crippen molar-refractivity contribution in [2.75, 3.05) is 108 Å². The molecule has 117 heavy (non-hydrogen) atoms. The molecule has 0 radical (unpaired) electrons. The number of rotatable bonds is 27. The van der Waals surface area contributed by atoms with E-state index in [9.17, 15) is 75.3 Å². The molecule has 2 aromatic carbocycles. The number of nitrogens with zero attached hydrogens (tertiary/aromatic N) is 6. The number of ether oxygens (including phenoxy) is 5. The number of carboxylic acids is 4. The van der Waals surface area contributed by atoms with Crippen LogP contribution in [0.3, 0.4) is 0 Å². The Morgan fingerprint density at radius 2 is 0.957 bits per heavy atom. The summed E-state index contributed by atoms with van der Waals surface area (Å²) in [5.41, 5.74) is 14.9. The van der Waals surface area contributed by atoms with E-state index >= 15 is 0 Å². The minimum absolute atomic E-state index is 0.0389. The quantitative estimate of drug-likeness (QED) is 0.0146. The summed E-state index contributed by atoms with van der Waals surface area (Å²) in [6, 6.07) is 21.1. The number of aromatic carboxylic acids is 1. The summed E-state index contributed by atoms with van der Waals surface area (Å²) in [6.45, 7) is 4.91. The van der Waals surface area contributed by atoms with Crippen LogP contribution in [0.15, 0.2) is 131 Å². The average molecular weight is 1640 g/mol. The van der Waals surface area contributed by atoms with Crippen molar-refractivity contribution in [3.63, 3.8) is 0 Å². The van der Waals surface area contributed by atoms with Crippen molar-refractivity contribution in [1.29, 1.82) is 0 Å². The number of nitrogens with one attached hydrogen (secondary N) is 11. The first kappa shape index (κ1) is 96.0. The van der Waals surface area contributed by atoms with E-state index in [1.807, 2.05) is 48.5 Å². The van der Waals surface area contributed by atoms with Crippen molar-refractivity contribution in [3.05, 3.63) is 144 Å². The molecule has 3 fully saturated rings. The predicted octanol–water partition coefficient (Wildman–Crippen LogP) is -2.57. The topological polar surface area (TPSA) is 646 Å². The fourth-order valence-corrected chi connectivity index (χ4v) is 9.03. The third-order valence-corrected chi connectivity index (χ3v) is 14.6. The van der Waals surface area contributed by atoms with E-state index < -0.39 is 72.4 Å². The Bertz CT molecular complexity index is 4200. The molecular weight excluding hydrogens is 1560 g/mol. The van der Waals surface area contributed by atoms with Crippen molar-refractivity contribution in [1.82, 2.24) is 57.5 Å². The van der Waals surface area contributed by atoms with Crippen LogP contribution in [0.4, 0.5) is 30.2 Å². The number of pyridine rings is 3. The zero-order chi connectivity index (χ0) is 85.9. The van der Waals surface area contributed by atoms with Gasteiger partial charge in [-0.2, -0.15) is 13.2 Å². The number of carbonyl (C=O) groups excluding carboxylic acids is 8. The molecule has 3 aromatic heterocycles. The minimum atomic E-state index is -5.08. The van der Waals surface area contributed by atoms with Crippen LogP contribution in [0.2, 0.25) is 0 Å². The van der Waals surface area contributed by atoms with Gasteiger partial charge >= 0.3 is 258 Å². The van der Waals surface area contributed by atoms with E-state index in [0.29, 0.717) is 93.9 Å². The third kappa shape index (κ3) is 42.4. The maximum absolute atomic E-state index is 12.1. The number of aliphatic hydroxyl groups excluding tert-OH is 1. The van der Waals surface area contributed by atoms with Crippen LogP contribution in [0, 0.1) is 0 Å². The number of hydrogen-bond acceptors (Lipinski definition) is 36. The van der Waals surface area contributed by atoms with Gasteiger partial charge in [-0.15, -0.1) is 0 Å². The molecule has 6 aliphatic rings. The number of esters is 5. The number of carboxylic acid groups (broad SMARTS) is 4. The van der Waals surface area contributed by atoms with Gasteiger partial charge in [0.15, 0.2) is 17.9 Å². The molecule has 20 N–H and O–H groups in total. The number of nitrogens with two attached hydrogens (primary N) is 2. The number of guanidine groups is 3. The van der Waals surface area contributed by atoms with E-state index in [1.165, 1.54) is 24.7 Å². The van der Waals surface area contributed by atoms with Crippen molar-refractivity contribution in [3.8, 4) is 0 Å². The number of aliphatic imine (C=N–C) groups is 3. The van der Waals surface area contributed by atoms with Gasteiger partial charge in [-0.3, -0.25) is 63.5 Å². The van der Waals surface area contributed by atoms with Gasteiger partial charge in [-0.05, 0) is 18.2 Å². The Balaban J connectivity index is 0.000000291. The zero-order valence-electron chi connectivity index (χ0n) is 62.3. The van der Waals surface area contributed by atoms with Gasteiger partial charge in [0.2, 0.25) is 5.91 Å². The zero-order valence-corrected chi connectivity index (χ0v) is 62.3. The number of amides is 3. The van der Waals surface area contributed by atoms with Crippen LogP contribution in [-0.4, -0.2) is 272 Å². The second kappa shape index (κ2) is 53.6. The van der Waals surface area contributed by atoms with E-state index in [0.717, 1.165) is 37.3 Å². The molecule has 3 saturated heterocycles. The molecule has 0 saturated carbocycles. The predicted molar refractivity (Wildman–Crippen MR) is 405 cm³/mol. The molecule has 48 heteroatoms. The SMILES string of the molecule is N[C@@H]1COC(=O)C1.N[C@@H]1COC(=O)C1.O=BCN[C@@H](CC(=O)OCc1ccccc1)C(=O)O.O=BCN[C@H](CO)CC(=O)OCc1ccccc1.O=C(CNC(=O)c1cncc(NC2=NCCN2)c1)N[C@@H]1COC(=O)C1.O=C(O)C(F)(F)F.O=C(O)CNC(=O)c1cncc(NC2=NCCN2)c1.O=C(O)c1cncc(NC2=NCCN2)c1. The van der Waals surface area contributed by atoms with Gasteiger partial charge in [0.25, 0.3) is 11.8 Å². The number of alkyl halides is 3. The Kier molecular flexibility index (Phi) is 44.0. The van der Waals surface area contributed by atoms with Crippen molar-refractivity contribution in [2.24, 2.45) is 26.4 Å². The number of cyclic esters (lactones) is 3. The fourth-order valence-electron chi connectivity index (χ4n) is 9.03. The summed E-state index contributed by atoms with van der Waals surface area (Å²) < 4.78 is 75.8. The number of carbonyl (C=O) groups is 12. The molecule has 0 aliphatic carbocycles. The number of benzene rings is 2. The number of halogens is 3. The second-order valence-electron chi connectivity index (χ2n) is 24.2. The fraction of sp³-hybridized carbons (Fsp3) is 0.391. The normalized spacial score (nSPS) is 16.0. The first-order valence-electron chi connectivity index (χ1n) is 35.1. The smallest absolute Gasteiger partial charge is 0.480 e. The molecule has 0 spiro atoms. The molecular formula is C69H86B2F3N19O24. The summed E-state index contributed by atoms with van der Waals surface area (Å²) in [5.74, 6) is -7.15. The van der Waals surface area contributed by atoms with Gasteiger partial charge in [0.1, 0.15) is 26.4 Å². The van der Waals surface area contributed by atoms with E-state index in [1.54, 1.807) is 42.9 Å². The summed E-state index contributed by atoms with van der Waals surface area (Å²) in [7, 11) is 1.21. The van der Waals surface area contributed by atoms with Crippen molar-refractivity contribution < 1.29 is 129 Å². The van der Waals surface area contributed by atoms with Crippen molar-refractivity contribution >= 4 is 121 Å². The van der Waals surface area contributed by atoms with Crippen LogP contribution >= 0.6 is 0 Å². The standard InChI is InChI=1S/C15H18N6O4.C12H14BNO5.C12H16BNO4.C11H13N5O3.C9H10N4O2.2C4H7NO2.C2HF3O2/c22-12(20-11-4-13(23)25-8-11)7-19-14(24)9-3-10(6-16-5-9)21-15-17-1-2-18-15;15-11(6-10(12(16)17)14-8-13-18)19-7-9-4-2-1-3-5-9;15-7-11(14-9-13-17)6-12(16)18-8-10-4-2-1-3-5-10;17-9(18)6-15-10(19)7-3-8(5-12-4-7)16-11-13-1-2-14-11;14-8(15)6-3-7(5-10-4-6)13-9-11-1-2-12-9;2*5-3-1-4(6)7-2-3;3-2(4,5)1(6)7/h3,5-6,11H,1-2,4,7-8H2,(H,19,24)(H,20,22)(H2,17,18,21);1-5,10,14H,6-8H2,(H,16,17);1-5,11,14-15H,6-9H2;3-5H,1-2,6H2,(H,15,19)(H,17,18)(H2,13,14,16);3-5H,1-2H2,(H,14,15)(H2,11,12,13);2*3H,1-2,5H2;(H,6,7)/t11-;10-;11-;;;2*3-;/m000..00./s1. The Morgan fingerprint density at radius 3 is 1.30 bits per heavy atom. The average Bonchev–Trinajstić information content (AvgIpc) is 1.68. The summed E-state index contributed by atoms with van der Waals surface area (Å²) in [5, 5.41) is 72.8. The van der Waals surface area contributed by atoms with Gasteiger partial charge < -0.3 is 88.8 Å².